The van der Waals surface area contributed by atoms with Crippen LogP contribution in [0, 0.1) is 5.92 Å². The third kappa shape index (κ3) is 3.03. The fourth-order valence-corrected chi connectivity index (χ4v) is 5.06. The van der Waals surface area contributed by atoms with Crippen LogP contribution in [0.2, 0.25) is 0 Å². The Morgan fingerprint density at radius 3 is 2.62 bits per heavy atom. The molecule has 6 nitrogen and oxygen atoms in total. The molecule has 1 aromatic heterocycles. The Labute approximate surface area is 181 Å². The number of benzene rings is 2. The van der Waals surface area contributed by atoms with E-state index in [0.29, 0.717) is 17.9 Å². The van der Waals surface area contributed by atoms with E-state index >= 15 is 0 Å². The Balaban J connectivity index is 1.56. The van der Waals surface area contributed by atoms with E-state index in [4.69, 9.17) is 0 Å². The summed E-state index contributed by atoms with van der Waals surface area (Å²) in [4.78, 5) is 29.9. The molecule has 1 N–H and O–H groups in total. The Kier molecular flexibility index (Phi) is 4.47. The molecule has 0 atom stereocenters. The molecule has 1 aliphatic carbocycles. The van der Waals surface area contributed by atoms with Gasteiger partial charge in [-0.2, -0.15) is 18.3 Å². The number of fused-ring (bicyclic) bond motifs is 1. The molecule has 164 valence electrons. The summed E-state index contributed by atoms with van der Waals surface area (Å²) < 4.78 is 40.9. The second kappa shape index (κ2) is 7.01. The maximum Gasteiger partial charge on any atom is 0.416 e. The highest BCUT2D eigenvalue weighted by atomic mass is 19.4. The molecule has 0 radical (unpaired) electrons. The standard InChI is InChI=1S/C23H19F3N4O2/c1-13-8-22(9-13,21-27-12-28-29-21)15-3-2-4-16(7-15)30-10-18-17(20(30)32)5-14(11-31)6-19(18)23(24,25)26/h2-7,11-13H,8-10H2,1H3,(H,27,28,29). The van der Waals surface area contributed by atoms with Gasteiger partial charge in [0.05, 0.1) is 17.5 Å². The van der Waals surface area contributed by atoms with Crippen LogP contribution in [0.3, 0.4) is 0 Å². The average Bonchev–Trinajstić information content (AvgIpc) is 3.39. The number of aromatic nitrogens is 3. The maximum absolute atomic E-state index is 13.6. The second-order valence-corrected chi connectivity index (χ2v) is 8.58. The lowest BCUT2D eigenvalue weighted by Crippen LogP contribution is -2.42. The Hall–Kier alpha value is -3.49. The summed E-state index contributed by atoms with van der Waals surface area (Å²) in [5, 5.41) is 6.92. The fourth-order valence-electron chi connectivity index (χ4n) is 5.06. The molecule has 1 saturated carbocycles. The predicted octanol–water partition coefficient (Wildman–Crippen LogP) is 4.51. The van der Waals surface area contributed by atoms with Crippen LogP contribution in [0.4, 0.5) is 18.9 Å². The molecular formula is C23H19F3N4O2. The number of amides is 1. The molecule has 2 aliphatic rings. The predicted molar refractivity (Wildman–Crippen MR) is 109 cm³/mol. The number of aromatic amines is 1. The number of anilines is 1. The lowest BCUT2D eigenvalue weighted by molar-refractivity contribution is -0.138. The first kappa shape index (κ1) is 20.4. The topological polar surface area (TPSA) is 79.0 Å². The number of hydrogen-bond donors (Lipinski definition) is 1. The van der Waals surface area contributed by atoms with E-state index in [9.17, 15) is 22.8 Å². The van der Waals surface area contributed by atoms with Crippen molar-refractivity contribution in [3.63, 3.8) is 0 Å². The van der Waals surface area contributed by atoms with Crippen molar-refractivity contribution >= 4 is 17.9 Å². The number of alkyl halides is 3. The first-order valence-corrected chi connectivity index (χ1v) is 10.2. The number of halogens is 3. The summed E-state index contributed by atoms with van der Waals surface area (Å²) in [6.45, 7) is 1.93. The van der Waals surface area contributed by atoms with E-state index in [1.807, 2.05) is 12.1 Å². The van der Waals surface area contributed by atoms with Crippen molar-refractivity contribution in [2.75, 3.05) is 4.90 Å². The normalized spacial score (nSPS) is 22.6. The van der Waals surface area contributed by atoms with Crippen molar-refractivity contribution in [3.05, 3.63) is 76.4 Å². The first-order valence-electron chi connectivity index (χ1n) is 10.2. The van der Waals surface area contributed by atoms with Gasteiger partial charge < -0.3 is 4.90 Å². The first-order chi connectivity index (χ1) is 15.2. The average molecular weight is 440 g/mol. The Morgan fingerprint density at radius 2 is 2.00 bits per heavy atom. The summed E-state index contributed by atoms with van der Waals surface area (Å²) in [6.07, 6.45) is -1.19. The van der Waals surface area contributed by atoms with Gasteiger partial charge >= 0.3 is 6.18 Å². The van der Waals surface area contributed by atoms with Crippen molar-refractivity contribution in [1.82, 2.24) is 15.2 Å². The molecule has 0 saturated heterocycles. The SMILES string of the molecule is CC1CC(c2cccc(N3Cc4c(cc(C=O)cc4C(F)(F)F)C3=O)c2)(c2ncn[nH]2)C1. The number of carbonyl (C=O) groups is 2. The largest absolute Gasteiger partial charge is 0.416 e. The molecule has 2 heterocycles. The number of H-pyrrole nitrogens is 1. The van der Waals surface area contributed by atoms with Crippen molar-refractivity contribution in [1.29, 1.82) is 0 Å². The minimum atomic E-state index is -4.67. The van der Waals surface area contributed by atoms with E-state index in [1.165, 1.54) is 17.3 Å². The smallest absolute Gasteiger partial charge is 0.304 e. The van der Waals surface area contributed by atoms with Crippen LogP contribution in [0.1, 0.15) is 63.0 Å². The lowest BCUT2D eigenvalue weighted by atomic mass is 9.58. The van der Waals surface area contributed by atoms with Crippen LogP contribution < -0.4 is 4.90 Å². The van der Waals surface area contributed by atoms with E-state index in [1.54, 1.807) is 12.1 Å². The monoisotopic (exact) mass is 440 g/mol. The Morgan fingerprint density at radius 1 is 1.22 bits per heavy atom. The minimum Gasteiger partial charge on any atom is -0.304 e. The van der Waals surface area contributed by atoms with Crippen molar-refractivity contribution in [3.8, 4) is 0 Å². The van der Waals surface area contributed by atoms with Crippen molar-refractivity contribution in [2.24, 2.45) is 5.92 Å². The van der Waals surface area contributed by atoms with Gasteiger partial charge in [0.25, 0.3) is 5.91 Å². The highest BCUT2D eigenvalue weighted by molar-refractivity contribution is 6.11. The summed E-state index contributed by atoms with van der Waals surface area (Å²) in [5.74, 6) is 0.665. The summed E-state index contributed by atoms with van der Waals surface area (Å²) in [7, 11) is 0. The van der Waals surface area contributed by atoms with Crippen LogP contribution in [0.15, 0.2) is 42.7 Å². The number of nitrogens with one attached hydrogen (secondary N) is 1. The molecule has 32 heavy (non-hydrogen) atoms. The van der Waals surface area contributed by atoms with Crippen LogP contribution in [-0.4, -0.2) is 27.4 Å². The summed E-state index contributed by atoms with van der Waals surface area (Å²) in [6, 6.07) is 9.31. The zero-order valence-corrected chi connectivity index (χ0v) is 17.1. The molecule has 1 amide bonds. The zero-order chi connectivity index (χ0) is 22.7. The van der Waals surface area contributed by atoms with E-state index < -0.39 is 17.6 Å². The number of hydrogen-bond acceptors (Lipinski definition) is 4. The van der Waals surface area contributed by atoms with Crippen LogP contribution >= 0.6 is 0 Å². The van der Waals surface area contributed by atoms with Gasteiger partial charge in [-0.25, -0.2) is 4.98 Å². The van der Waals surface area contributed by atoms with Gasteiger partial charge in [-0.3, -0.25) is 14.7 Å². The molecule has 1 fully saturated rings. The lowest BCUT2D eigenvalue weighted by Gasteiger charge is -2.45. The second-order valence-electron chi connectivity index (χ2n) is 8.58. The van der Waals surface area contributed by atoms with E-state index in [2.05, 4.69) is 22.1 Å². The number of rotatable bonds is 4. The third-order valence-corrected chi connectivity index (χ3v) is 6.48. The molecular weight excluding hydrogens is 421 g/mol. The highest BCUT2D eigenvalue weighted by Crippen LogP contribution is 2.51. The van der Waals surface area contributed by atoms with Gasteiger partial charge in [-0.1, -0.05) is 19.1 Å². The van der Waals surface area contributed by atoms with E-state index in [-0.39, 0.29) is 28.7 Å². The number of aldehydes is 1. The summed E-state index contributed by atoms with van der Waals surface area (Å²) >= 11 is 0. The minimum absolute atomic E-state index is 0.0884. The molecule has 3 aromatic rings. The Bertz CT molecular complexity index is 1210. The molecule has 0 bridgehead atoms. The molecule has 2 aromatic carbocycles. The van der Waals surface area contributed by atoms with Crippen LogP contribution in [-0.2, 0) is 18.1 Å². The quantitative estimate of drug-likeness (QED) is 0.606. The number of nitrogens with zero attached hydrogens (tertiary/aromatic N) is 3. The summed E-state index contributed by atoms with van der Waals surface area (Å²) in [5.41, 5.74) is -0.261. The van der Waals surface area contributed by atoms with Crippen molar-refractivity contribution in [2.45, 2.75) is 37.9 Å². The van der Waals surface area contributed by atoms with Gasteiger partial charge in [-0.15, -0.1) is 0 Å². The maximum atomic E-state index is 13.6. The fraction of sp³-hybridized carbons (Fsp3) is 0.304. The van der Waals surface area contributed by atoms with Crippen molar-refractivity contribution < 1.29 is 22.8 Å². The third-order valence-electron chi connectivity index (χ3n) is 6.48. The molecule has 0 spiro atoms. The van der Waals surface area contributed by atoms with Gasteiger partial charge in [0.15, 0.2) is 0 Å². The highest BCUT2D eigenvalue weighted by Gasteiger charge is 2.47. The molecule has 1 aliphatic heterocycles. The van der Waals surface area contributed by atoms with E-state index in [0.717, 1.165) is 30.3 Å². The number of carbonyl (C=O) groups excluding carboxylic acids is 2. The van der Waals surface area contributed by atoms with Gasteiger partial charge in [0.2, 0.25) is 0 Å². The molecule has 9 heteroatoms. The molecule has 0 unspecified atom stereocenters. The van der Waals surface area contributed by atoms with Gasteiger partial charge in [-0.05, 0) is 54.2 Å². The van der Waals surface area contributed by atoms with Gasteiger partial charge in [0, 0.05) is 16.8 Å². The van der Waals surface area contributed by atoms with Crippen LogP contribution in [0.5, 0.6) is 0 Å². The van der Waals surface area contributed by atoms with Gasteiger partial charge in [0.1, 0.15) is 18.4 Å². The van der Waals surface area contributed by atoms with Crippen LogP contribution in [0.25, 0.3) is 0 Å². The zero-order valence-electron chi connectivity index (χ0n) is 17.1. The molecule has 5 rings (SSSR count).